The highest BCUT2D eigenvalue weighted by Crippen LogP contribution is 2.33. The van der Waals surface area contributed by atoms with Crippen LogP contribution in [0.3, 0.4) is 0 Å². The number of benzene rings is 1. The molecule has 0 bridgehead atoms. The highest BCUT2D eigenvalue weighted by Gasteiger charge is 2.18. The van der Waals surface area contributed by atoms with E-state index < -0.39 is 0 Å². The fraction of sp³-hybridized carbons (Fsp3) is 0.0476. The second-order valence-electron chi connectivity index (χ2n) is 6.42. The normalized spacial score (nSPS) is 11.4. The Morgan fingerprint density at radius 1 is 1.04 bits per heavy atom. The number of hydrogen-bond acceptors (Lipinski definition) is 5. The van der Waals surface area contributed by atoms with E-state index in [4.69, 9.17) is 9.40 Å². The largest absolute Gasteiger partial charge is 0.460 e. The molecule has 136 valence electrons. The molecule has 0 aliphatic rings. The molecule has 0 saturated heterocycles. The first-order valence-corrected chi connectivity index (χ1v) is 9.40. The van der Waals surface area contributed by atoms with Crippen molar-refractivity contribution in [1.29, 1.82) is 0 Å². The summed E-state index contributed by atoms with van der Waals surface area (Å²) in [6.07, 6.45) is 1.77. The molecule has 0 fully saturated rings. The number of hydrogen-bond donors (Lipinski definition) is 1. The topological polar surface area (TPSA) is 84.7 Å². The summed E-state index contributed by atoms with van der Waals surface area (Å²) in [5.74, 6) is 1.36. The number of halogens is 1. The van der Waals surface area contributed by atoms with Gasteiger partial charge in [-0.1, -0.05) is 12.1 Å². The average molecular weight is 433 g/mol. The summed E-state index contributed by atoms with van der Waals surface area (Å²) in [7, 11) is 0. The Morgan fingerprint density at radius 3 is 2.75 bits per heavy atom. The third-order valence-corrected chi connectivity index (χ3v) is 5.08. The summed E-state index contributed by atoms with van der Waals surface area (Å²) >= 11 is 3.42. The lowest BCUT2D eigenvalue weighted by molar-refractivity contribution is 0.546. The van der Waals surface area contributed by atoms with Crippen LogP contribution in [0.15, 0.2) is 68.4 Å². The number of nitrogens with one attached hydrogen (secondary N) is 1. The Kier molecular flexibility index (Phi) is 3.84. The van der Waals surface area contributed by atoms with Crippen molar-refractivity contribution in [3.63, 3.8) is 0 Å². The molecule has 5 rings (SSSR count). The molecule has 0 amide bonds. The Labute approximate surface area is 167 Å². The standard InChI is InChI=1S/C21H13BrN4O2/c1-11-4-7-16(28-11)20-18(13-5-6-15-12(9-13)3-2-8-23-15)25-19-14(22)10-17(27)24-21(19)26-20/h2-10H,1H3,(H,24,26,27). The van der Waals surface area contributed by atoms with E-state index in [-0.39, 0.29) is 5.56 Å². The summed E-state index contributed by atoms with van der Waals surface area (Å²) in [5.41, 5.74) is 3.75. The zero-order valence-corrected chi connectivity index (χ0v) is 16.3. The predicted octanol–water partition coefficient (Wildman–Crippen LogP) is 4.86. The Balaban J connectivity index is 1.85. The number of fused-ring (bicyclic) bond motifs is 2. The Bertz CT molecular complexity index is 1420. The summed E-state index contributed by atoms with van der Waals surface area (Å²) < 4.78 is 6.40. The number of aromatic amines is 1. The summed E-state index contributed by atoms with van der Waals surface area (Å²) in [5, 5.41) is 1.00. The summed E-state index contributed by atoms with van der Waals surface area (Å²) in [4.78, 5) is 28.5. The molecule has 7 heteroatoms. The van der Waals surface area contributed by atoms with Gasteiger partial charge in [0.2, 0.25) is 0 Å². The molecule has 0 aliphatic heterocycles. The number of pyridine rings is 2. The molecule has 0 aliphatic carbocycles. The number of H-pyrrole nitrogens is 1. The third-order valence-electron chi connectivity index (χ3n) is 4.47. The van der Waals surface area contributed by atoms with Crippen molar-refractivity contribution < 1.29 is 4.42 Å². The van der Waals surface area contributed by atoms with Gasteiger partial charge < -0.3 is 9.40 Å². The van der Waals surface area contributed by atoms with Crippen molar-refractivity contribution in [2.45, 2.75) is 6.92 Å². The molecule has 28 heavy (non-hydrogen) atoms. The first kappa shape index (κ1) is 16.8. The van der Waals surface area contributed by atoms with Gasteiger partial charge in [-0.3, -0.25) is 9.78 Å². The van der Waals surface area contributed by atoms with Gasteiger partial charge in [0, 0.05) is 23.2 Å². The van der Waals surface area contributed by atoms with E-state index in [2.05, 4.69) is 30.9 Å². The maximum atomic E-state index is 11.9. The molecule has 1 aromatic carbocycles. The molecule has 0 spiro atoms. The monoisotopic (exact) mass is 432 g/mol. The van der Waals surface area contributed by atoms with E-state index in [9.17, 15) is 4.79 Å². The minimum Gasteiger partial charge on any atom is -0.460 e. The van der Waals surface area contributed by atoms with E-state index in [1.807, 2.05) is 49.4 Å². The lowest BCUT2D eigenvalue weighted by Gasteiger charge is -2.10. The van der Waals surface area contributed by atoms with E-state index in [1.54, 1.807) is 6.20 Å². The number of aromatic nitrogens is 4. The van der Waals surface area contributed by atoms with Crippen LogP contribution in [0.25, 0.3) is 44.8 Å². The fourth-order valence-corrected chi connectivity index (χ4v) is 3.67. The lowest BCUT2D eigenvalue weighted by atomic mass is 10.1. The van der Waals surface area contributed by atoms with Crippen molar-refractivity contribution in [3.8, 4) is 22.7 Å². The van der Waals surface area contributed by atoms with Crippen LogP contribution in [-0.4, -0.2) is 19.9 Å². The van der Waals surface area contributed by atoms with Gasteiger partial charge in [0.25, 0.3) is 5.56 Å². The quantitative estimate of drug-likeness (QED) is 0.430. The van der Waals surface area contributed by atoms with Crippen LogP contribution >= 0.6 is 15.9 Å². The SMILES string of the molecule is Cc1ccc(-c2nc3[nH]c(=O)cc(Br)c3nc2-c2ccc3ncccc3c2)o1. The van der Waals surface area contributed by atoms with E-state index in [0.29, 0.717) is 32.8 Å². The molecule has 0 atom stereocenters. The molecule has 0 saturated carbocycles. The van der Waals surface area contributed by atoms with Gasteiger partial charge in [-0.15, -0.1) is 0 Å². The average Bonchev–Trinajstić information content (AvgIpc) is 3.13. The second kappa shape index (κ2) is 6.38. The molecule has 4 aromatic heterocycles. The van der Waals surface area contributed by atoms with Gasteiger partial charge in [0.1, 0.15) is 22.7 Å². The van der Waals surface area contributed by atoms with E-state index in [1.165, 1.54) is 6.07 Å². The first-order valence-electron chi connectivity index (χ1n) is 8.61. The van der Waals surface area contributed by atoms with Crippen LogP contribution in [0.5, 0.6) is 0 Å². The maximum absolute atomic E-state index is 11.9. The summed E-state index contributed by atoms with van der Waals surface area (Å²) in [6, 6.07) is 15.0. The second-order valence-corrected chi connectivity index (χ2v) is 7.28. The van der Waals surface area contributed by atoms with Gasteiger partial charge in [0.05, 0.1) is 9.99 Å². The molecule has 0 unspecified atom stereocenters. The fourth-order valence-electron chi connectivity index (χ4n) is 3.18. The number of nitrogens with zero attached hydrogens (tertiary/aromatic N) is 3. The van der Waals surface area contributed by atoms with E-state index >= 15 is 0 Å². The summed E-state index contributed by atoms with van der Waals surface area (Å²) in [6.45, 7) is 1.87. The molecule has 0 radical (unpaired) electrons. The van der Waals surface area contributed by atoms with Crippen LogP contribution < -0.4 is 5.56 Å². The van der Waals surface area contributed by atoms with Gasteiger partial charge in [-0.25, -0.2) is 9.97 Å². The van der Waals surface area contributed by atoms with Crippen molar-refractivity contribution in [3.05, 3.63) is 75.3 Å². The van der Waals surface area contributed by atoms with E-state index in [0.717, 1.165) is 22.2 Å². The zero-order chi connectivity index (χ0) is 19.3. The highest BCUT2D eigenvalue weighted by molar-refractivity contribution is 9.10. The number of rotatable bonds is 2. The molecular weight excluding hydrogens is 420 g/mol. The van der Waals surface area contributed by atoms with Crippen molar-refractivity contribution >= 4 is 38.0 Å². The molecule has 6 nitrogen and oxygen atoms in total. The Morgan fingerprint density at radius 2 is 1.93 bits per heavy atom. The van der Waals surface area contributed by atoms with Gasteiger partial charge in [0.15, 0.2) is 11.4 Å². The molecule has 5 aromatic rings. The minimum absolute atomic E-state index is 0.250. The van der Waals surface area contributed by atoms with Crippen LogP contribution in [0.2, 0.25) is 0 Å². The van der Waals surface area contributed by atoms with Gasteiger partial charge in [-0.05, 0) is 53.2 Å². The van der Waals surface area contributed by atoms with Gasteiger partial charge >= 0.3 is 0 Å². The number of aryl methyl sites for hydroxylation is 1. The minimum atomic E-state index is -0.250. The Hall–Kier alpha value is -3.32. The third kappa shape index (κ3) is 2.80. The first-order chi connectivity index (χ1) is 13.6. The number of furan rings is 1. The molecule has 1 N–H and O–H groups in total. The van der Waals surface area contributed by atoms with Crippen LogP contribution in [0, 0.1) is 6.92 Å². The lowest BCUT2D eigenvalue weighted by Crippen LogP contribution is -2.07. The van der Waals surface area contributed by atoms with Crippen LogP contribution in [0.1, 0.15) is 5.76 Å². The van der Waals surface area contributed by atoms with Gasteiger partial charge in [-0.2, -0.15) is 0 Å². The highest BCUT2D eigenvalue weighted by atomic mass is 79.9. The van der Waals surface area contributed by atoms with Crippen LogP contribution in [0.4, 0.5) is 0 Å². The van der Waals surface area contributed by atoms with Crippen molar-refractivity contribution in [2.24, 2.45) is 0 Å². The van der Waals surface area contributed by atoms with Crippen molar-refractivity contribution in [1.82, 2.24) is 19.9 Å². The van der Waals surface area contributed by atoms with Crippen LogP contribution in [-0.2, 0) is 0 Å². The smallest absolute Gasteiger partial charge is 0.250 e. The molecule has 4 heterocycles. The predicted molar refractivity (Wildman–Crippen MR) is 111 cm³/mol. The maximum Gasteiger partial charge on any atom is 0.250 e. The molecular formula is C21H13BrN4O2. The van der Waals surface area contributed by atoms with Crippen molar-refractivity contribution in [2.75, 3.05) is 0 Å². The zero-order valence-electron chi connectivity index (χ0n) is 14.7.